The van der Waals surface area contributed by atoms with Crippen LogP contribution < -0.4 is 0 Å². The summed E-state index contributed by atoms with van der Waals surface area (Å²) in [5.41, 5.74) is 3.97. The number of oxazole rings is 1. The Balaban J connectivity index is 1.56. The molecule has 148 valence electrons. The predicted octanol–water partition coefficient (Wildman–Crippen LogP) is 5.95. The number of nitriles is 1. The molecule has 5 rings (SSSR count). The molecular weight excluding hydrogens is 372 g/mol. The summed E-state index contributed by atoms with van der Waals surface area (Å²) in [5.74, 6) is 1.45. The third kappa shape index (κ3) is 3.46. The van der Waals surface area contributed by atoms with E-state index in [0.29, 0.717) is 17.1 Å². The lowest BCUT2D eigenvalue weighted by molar-refractivity contribution is 0.300. The van der Waals surface area contributed by atoms with Crippen LogP contribution in [0, 0.1) is 16.7 Å². The topological polar surface area (TPSA) is 75.6 Å². The highest BCUT2D eigenvalue weighted by Gasteiger charge is 2.30. The number of benzene rings is 1. The normalized spacial score (nSPS) is 15.3. The van der Waals surface area contributed by atoms with Crippen LogP contribution in [0.5, 0.6) is 0 Å². The van der Waals surface area contributed by atoms with Crippen LogP contribution in [-0.4, -0.2) is 15.0 Å². The van der Waals surface area contributed by atoms with Crippen molar-refractivity contribution in [2.24, 2.45) is 5.41 Å². The van der Waals surface area contributed by atoms with Gasteiger partial charge < -0.3 is 4.42 Å². The Kier molecular flexibility index (Phi) is 4.55. The van der Waals surface area contributed by atoms with Crippen molar-refractivity contribution in [1.29, 1.82) is 5.26 Å². The Bertz CT molecular complexity index is 1260. The Morgan fingerprint density at radius 2 is 1.97 bits per heavy atom. The summed E-state index contributed by atoms with van der Waals surface area (Å²) < 4.78 is 6.17. The standard InChI is InChI=1S/C25H22N4O/c1-25(10-2-3-11-25)14-23-28-16-22(30-23)20-9-8-19(15-26)29-24(20)18-7-6-17-5-4-12-27-21(17)13-18/h4-9,12-13,16H,2-3,10-11,14H2,1H3. The van der Waals surface area contributed by atoms with Crippen molar-refractivity contribution in [3.05, 3.63) is 66.4 Å². The second-order valence-electron chi connectivity index (χ2n) is 8.43. The van der Waals surface area contributed by atoms with Crippen LogP contribution in [0.2, 0.25) is 0 Å². The van der Waals surface area contributed by atoms with Gasteiger partial charge in [-0.25, -0.2) is 9.97 Å². The first-order chi connectivity index (χ1) is 14.6. The van der Waals surface area contributed by atoms with Crippen molar-refractivity contribution in [2.75, 3.05) is 0 Å². The van der Waals surface area contributed by atoms with Gasteiger partial charge in [-0.05, 0) is 42.5 Å². The zero-order chi connectivity index (χ0) is 20.6. The third-order valence-corrected chi connectivity index (χ3v) is 6.10. The lowest BCUT2D eigenvalue weighted by atomic mass is 9.85. The summed E-state index contributed by atoms with van der Waals surface area (Å²) in [6.07, 6.45) is 9.41. The summed E-state index contributed by atoms with van der Waals surface area (Å²) in [6.45, 7) is 2.32. The molecule has 1 aliphatic rings. The number of nitrogens with zero attached hydrogens (tertiary/aromatic N) is 4. The van der Waals surface area contributed by atoms with Crippen molar-refractivity contribution >= 4 is 10.9 Å². The summed E-state index contributed by atoms with van der Waals surface area (Å²) >= 11 is 0. The van der Waals surface area contributed by atoms with Crippen LogP contribution in [0.3, 0.4) is 0 Å². The van der Waals surface area contributed by atoms with Gasteiger partial charge in [-0.2, -0.15) is 5.26 Å². The molecule has 1 fully saturated rings. The molecular formula is C25H22N4O. The largest absolute Gasteiger partial charge is 0.441 e. The molecule has 0 radical (unpaired) electrons. The average molecular weight is 394 g/mol. The van der Waals surface area contributed by atoms with E-state index >= 15 is 0 Å². The molecule has 0 spiro atoms. The summed E-state index contributed by atoms with van der Waals surface area (Å²) in [6, 6.07) is 15.7. The van der Waals surface area contributed by atoms with Crippen LogP contribution in [0.15, 0.2) is 59.3 Å². The fourth-order valence-electron chi connectivity index (χ4n) is 4.44. The van der Waals surface area contributed by atoms with E-state index in [-0.39, 0.29) is 5.41 Å². The van der Waals surface area contributed by atoms with Crippen molar-refractivity contribution < 1.29 is 4.42 Å². The Morgan fingerprint density at radius 1 is 1.10 bits per heavy atom. The van der Waals surface area contributed by atoms with Crippen LogP contribution in [-0.2, 0) is 6.42 Å². The van der Waals surface area contributed by atoms with E-state index in [1.807, 2.05) is 36.4 Å². The highest BCUT2D eigenvalue weighted by atomic mass is 16.4. The van der Waals surface area contributed by atoms with E-state index in [1.165, 1.54) is 25.7 Å². The minimum atomic E-state index is 0.276. The monoisotopic (exact) mass is 394 g/mol. The van der Waals surface area contributed by atoms with Gasteiger partial charge in [0.05, 0.1) is 17.4 Å². The maximum atomic E-state index is 9.37. The van der Waals surface area contributed by atoms with E-state index in [0.717, 1.165) is 34.3 Å². The molecule has 30 heavy (non-hydrogen) atoms. The van der Waals surface area contributed by atoms with E-state index in [1.54, 1.807) is 18.5 Å². The molecule has 1 aliphatic carbocycles. The SMILES string of the molecule is CC1(Cc2ncc(-c3ccc(C#N)nc3-c3ccc4cccnc4c3)o2)CCCC1. The number of hydrogen-bond acceptors (Lipinski definition) is 5. The Morgan fingerprint density at radius 3 is 2.80 bits per heavy atom. The number of hydrogen-bond donors (Lipinski definition) is 0. The van der Waals surface area contributed by atoms with Gasteiger partial charge in [0.15, 0.2) is 11.7 Å². The first-order valence-corrected chi connectivity index (χ1v) is 10.3. The molecule has 3 heterocycles. The van der Waals surface area contributed by atoms with E-state index in [9.17, 15) is 5.26 Å². The number of aromatic nitrogens is 3. The highest BCUT2D eigenvalue weighted by Crippen LogP contribution is 2.41. The predicted molar refractivity (Wildman–Crippen MR) is 115 cm³/mol. The van der Waals surface area contributed by atoms with Crippen LogP contribution in [0.1, 0.15) is 44.2 Å². The number of fused-ring (bicyclic) bond motifs is 1. The summed E-state index contributed by atoms with van der Waals surface area (Å²) in [4.78, 5) is 13.6. The van der Waals surface area contributed by atoms with Crippen LogP contribution >= 0.6 is 0 Å². The lowest BCUT2D eigenvalue weighted by Crippen LogP contribution is -2.14. The van der Waals surface area contributed by atoms with Gasteiger partial charge in [-0.15, -0.1) is 0 Å². The van der Waals surface area contributed by atoms with Gasteiger partial charge in [0.2, 0.25) is 0 Å². The van der Waals surface area contributed by atoms with Gasteiger partial charge in [0.1, 0.15) is 11.8 Å². The van der Waals surface area contributed by atoms with Crippen LogP contribution in [0.25, 0.3) is 33.5 Å². The molecule has 3 aromatic heterocycles. The van der Waals surface area contributed by atoms with Crippen molar-refractivity contribution in [2.45, 2.75) is 39.0 Å². The third-order valence-electron chi connectivity index (χ3n) is 6.10. The second-order valence-corrected chi connectivity index (χ2v) is 8.43. The van der Waals surface area contributed by atoms with Gasteiger partial charge in [0, 0.05) is 29.1 Å². The fraction of sp³-hybridized carbons (Fsp3) is 0.280. The van der Waals surface area contributed by atoms with E-state index < -0.39 is 0 Å². The van der Waals surface area contributed by atoms with Crippen molar-refractivity contribution in [3.63, 3.8) is 0 Å². The maximum absolute atomic E-state index is 9.37. The van der Waals surface area contributed by atoms with E-state index in [4.69, 9.17) is 4.42 Å². The molecule has 4 aromatic rings. The number of rotatable bonds is 4. The van der Waals surface area contributed by atoms with Crippen LogP contribution in [0.4, 0.5) is 0 Å². The molecule has 1 aromatic carbocycles. The molecule has 0 saturated heterocycles. The maximum Gasteiger partial charge on any atom is 0.195 e. The molecule has 0 bridgehead atoms. The summed E-state index contributed by atoms with van der Waals surface area (Å²) in [7, 11) is 0. The van der Waals surface area contributed by atoms with Gasteiger partial charge in [-0.1, -0.05) is 38.0 Å². The van der Waals surface area contributed by atoms with Crippen molar-refractivity contribution in [1.82, 2.24) is 15.0 Å². The zero-order valence-electron chi connectivity index (χ0n) is 16.9. The first kappa shape index (κ1) is 18.5. The molecule has 1 saturated carbocycles. The summed E-state index contributed by atoms with van der Waals surface area (Å²) in [5, 5.41) is 10.4. The number of pyridine rings is 2. The minimum Gasteiger partial charge on any atom is -0.441 e. The Hall–Kier alpha value is -3.52. The molecule has 5 heteroatoms. The second kappa shape index (κ2) is 7.38. The molecule has 0 unspecified atom stereocenters. The van der Waals surface area contributed by atoms with E-state index in [2.05, 4.69) is 27.9 Å². The van der Waals surface area contributed by atoms with Gasteiger partial charge in [-0.3, -0.25) is 4.98 Å². The fourth-order valence-corrected chi connectivity index (χ4v) is 4.44. The zero-order valence-corrected chi connectivity index (χ0v) is 16.9. The van der Waals surface area contributed by atoms with Gasteiger partial charge in [0.25, 0.3) is 0 Å². The van der Waals surface area contributed by atoms with Gasteiger partial charge >= 0.3 is 0 Å². The molecule has 0 N–H and O–H groups in total. The quantitative estimate of drug-likeness (QED) is 0.428. The molecule has 0 atom stereocenters. The molecule has 0 amide bonds. The lowest BCUT2D eigenvalue weighted by Gasteiger charge is -2.20. The van der Waals surface area contributed by atoms with Crippen molar-refractivity contribution in [3.8, 4) is 28.7 Å². The molecule has 0 aliphatic heterocycles. The Labute approximate surface area is 175 Å². The highest BCUT2D eigenvalue weighted by molar-refractivity contribution is 5.87. The smallest absolute Gasteiger partial charge is 0.195 e. The molecule has 5 nitrogen and oxygen atoms in total. The average Bonchev–Trinajstić information content (AvgIpc) is 3.42. The minimum absolute atomic E-state index is 0.276. The first-order valence-electron chi connectivity index (χ1n) is 10.3.